The van der Waals surface area contributed by atoms with E-state index in [1.54, 1.807) is 7.11 Å². The molecule has 0 saturated carbocycles. The molecular weight excluding hydrogens is 226 g/mol. The molecule has 2 N–H and O–H groups in total. The fourth-order valence-electron chi connectivity index (χ4n) is 2.44. The highest BCUT2D eigenvalue weighted by atomic mass is 16.5. The van der Waals surface area contributed by atoms with Crippen LogP contribution in [0.4, 0.5) is 5.82 Å². The third-order valence-electron chi connectivity index (χ3n) is 3.81. The van der Waals surface area contributed by atoms with Crippen molar-refractivity contribution in [2.45, 2.75) is 32.4 Å². The Hall–Kier alpha value is -1.13. The van der Waals surface area contributed by atoms with E-state index in [4.69, 9.17) is 10.5 Å². The van der Waals surface area contributed by atoms with Crippen molar-refractivity contribution in [3.8, 4) is 0 Å². The molecule has 0 spiro atoms. The van der Waals surface area contributed by atoms with Crippen molar-refractivity contribution in [3.63, 3.8) is 0 Å². The lowest BCUT2D eigenvalue weighted by Gasteiger charge is -2.37. The summed E-state index contributed by atoms with van der Waals surface area (Å²) >= 11 is 0. The van der Waals surface area contributed by atoms with Crippen molar-refractivity contribution < 1.29 is 4.74 Å². The number of hydrogen-bond donors (Lipinski definition) is 1. The van der Waals surface area contributed by atoms with Gasteiger partial charge in [0.25, 0.3) is 0 Å². The number of hydrogen-bond acceptors (Lipinski definition) is 4. The van der Waals surface area contributed by atoms with Crippen molar-refractivity contribution >= 4 is 5.82 Å². The molecule has 18 heavy (non-hydrogen) atoms. The average molecular weight is 249 g/mol. The van der Waals surface area contributed by atoms with Crippen molar-refractivity contribution in [2.24, 2.45) is 11.7 Å². The summed E-state index contributed by atoms with van der Waals surface area (Å²) in [5.41, 5.74) is 7.05. The van der Waals surface area contributed by atoms with Crippen LogP contribution in [0.2, 0.25) is 0 Å². The molecule has 1 aromatic heterocycles. The molecule has 0 amide bonds. The van der Waals surface area contributed by atoms with Gasteiger partial charge in [-0.25, -0.2) is 4.98 Å². The van der Waals surface area contributed by atoms with Crippen molar-refractivity contribution in [1.82, 2.24) is 4.98 Å². The van der Waals surface area contributed by atoms with Gasteiger partial charge >= 0.3 is 0 Å². The van der Waals surface area contributed by atoms with Crippen LogP contribution in [0.5, 0.6) is 0 Å². The summed E-state index contributed by atoms with van der Waals surface area (Å²) in [6.07, 6.45) is 3.27. The van der Waals surface area contributed by atoms with E-state index >= 15 is 0 Å². The number of anilines is 1. The lowest BCUT2D eigenvalue weighted by molar-refractivity contribution is 0.0496. The average Bonchev–Trinajstić information content (AvgIpc) is 2.39. The Kier molecular flexibility index (Phi) is 4.19. The molecular formula is C14H23N3O. The van der Waals surface area contributed by atoms with E-state index in [0.717, 1.165) is 30.9 Å². The number of aromatic nitrogens is 1. The highest BCUT2D eigenvalue weighted by molar-refractivity contribution is 5.42. The smallest absolute Gasteiger partial charge is 0.128 e. The molecule has 3 atom stereocenters. The molecule has 1 aromatic rings. The van der Waals surface area contributed by atoms with Crippen LogP contribution in [-0.4, -0.2) is 31.3 Å². The first kappa shape index (κ1) is 13.3. The number of nitrogens with two attached hydrogens (primary N) is 1. The first-order chi connectivity index (χ1) is 8.61. The van der Waals surface area contributed by atoms with E-state index in [9.17, 15) is 0 Å². The number of piperidine rings is 1. The zero-order valence-electron chi connectivity index (χ0n) is 11.5. The molecule has 2 rings (SSSR count). The van der Waals surface area contributed by atoms with Crippen LogP contribution in [0.1, 0.15) is 31.9 Å². The van der Waals surface area contributed by atoms with Crippen molar-refractivity contribution in [2.75, 3.05) is 25.1 Å². The minimum Gasteiger partial charge on any atom is -0.379 e. The molecule has 0 aromatic carbocycles. The quantitative estimate of drug-likeness (QED) is 0.889. The predicted molar refractivity (Wildman–Crippen MR) is 73.6 cm³/mol. The molecule has 0 bridgehead atoms. The Morgan fingerprint density at radius 1 is 1.56 bits per heavy atom. The molecule has 4 heteroatoms. The first-order valence-corrected chi connectivity index (χ1v) is 6.61. The van der Waals surface area contributed by atoms with Gasteiger partial charge in [-0.05, 0) is 37.0 Å². The van der Waals surface area contributed by atoms with Gasteiger partial charge in [0, 0.05) is 32.4 Å². The third kappa shape index (κ3) is 2.82. The van der Waals surface area contributed by atoms with E-state index in [1.807, 2.05) is 19.2 Å². The van der Waals surface area contributed by atoms with Crippen LogP contribution in [0.3, 0.4) is 0 Å². The van der Waals surface area contributed by atoms with Gasteiger partial charge in [-0.15, -0.1) is 0 Å². The molecule has 0 aliphatic carbocycles. The lowest BCUT2D eigenvalue weighted by Crippen LogP contribution is -2.44. The van der Waals surface area contributed by atoms with E-state index < -0.39 is 0 Å². The van der Waals surface area contributed by atoms with Crippen LogP contribution >= 0.6 is 0 Å². The maximum absolute atomic E-state index is 5.92. The van der Waals surface area contributed by atoms with Gasteiger partial charge in [-0.3, -0.25) is 0 Å². The summed E-state index contributed by atoms with van der Waals surface area (Å²) in [4.78, 5) is 6.75. The summed E-state index contributed by atoms with van der Waals surface area (Å²) in [6, 6.07) is 4.12. The predicted octanol–water partition coefficient (Wildman–Crippen LogP) is 1.96. The van der Waals surface area contributed by atoms with Gasteiger partial charge in [-0.1, -0.05) is 6.92 Å². The molecule has 1 aliphatic rings. The zero-order valence-corrected chi connectivity index (χ0v) is 11.5. The third-order valence-corrected chi connectivity index (χ3v) is 3.81. The molecule has 1 saturated heterocycles. The lowest BCUT2D eigenvalue weighted by atomic mass is 9.95. The Morgan fingerprint density at radius 3 is 3.00 bits per heavy atom. The van der Waals surface area contributed by atoms with E-state index in [0.29, 0.717) is 12.0 Å². The number of methoxy groups -OCH3 is 1. The summed E-state index contributed by atoms with van der Waals surface area (Å²) < 4.78 is 5.54. The van der Waals surface area contributed by atoms with Gasteiger partial charge < -0.3 is 15.4 Å². The summed E-state index contributed by atoms with van der Waals surface area (Å²) in [6.45, 7) is 6.19. The standard InChI is InChI=1S/C14H23N3O/c1-10-5-7-17(9-13(10)18-3)14-8-12(11(2)15)4-6-16-14/h4,6,8,10-11,13H,5,7,9,15H2,1-3H3/t10?,11-,13?/m0/s1. The van der Waals surface area contributed by atoms with E-state index in [-0.39, 0.29) is 6.04 Å². The SMILES string of the molecule is COC1CN(c2cc([C@H](C)N)ccn2)CCC1C. The van der Waals surface area contributed by atoms with E-state index in [1.165, 1.54) is 0 Å². The second-order valence-electron chi connectivity index (χ2n) is 5.22. The van der Waals surface area contributed by atoms with Gasteiger partial charge in [0.1, 0.15) is 5.82 Å². The largest absolute Gasteiger partial charge is 0.379 e. The Morgan fingerprint density at radius 2 is 2.33 bits per heavy atom. The minimum absolute atomic E-state index is 0.0497. The number of pyridine rings is 1. The number of nitrogens with zero attached hydrogens (tertiary/aromatic N) is 2. The first-order valence-electron chi connectivity index (χ1n) is 6.61. The van der Waals surface area contributed by atoms with Crippen LogP contribution in [0, 0.1) is 5.92 Å². The molecule has 2 unspecified atom stereocenters. The van der Waals surface area contributed by atoms with Crippen LogP contribution in [0.15, 0.2) is 18.3 Å². The fourth-order valence-corrected chi connectivity index (χ4v) is 2.44. The second-order valence-corrected chi connectivity index (χ2v) is 5.22. The van der Waals surface area contributed by atoms with Crippen molar-refractivity contribution in [3.05, 3.63) is 23.9 Å². The molecule has 100 valence electrons. The van der Waals surface area contributed by atoms with Gasteiger partial charge in [0.2, 0.25) is 0 Å². The second kappa shape index (κ2) is 5.67. The fraction of sp³-hybridized carbons (Fsp3) is 0.643. The highest BCUT2D eigenvalue weighted by Gasteiger charge is 2.26. The normalized spacial score (nSPS) is 26.1. The molecule has 4 nitrogen and oxygen atoms in total. The summed E-state index contributed by atoms with van der Waals surface area (Å²) in [5, 5.41) is 0. The van der Waals surface area contributed by atoms with Crippen molar-refractivity contribution in [1.29, 1.82) is 0 Å². The van der Waals surface area contributed by atoms with Gasteiger partial charge in [0.05, 0.1) is 6.10 Å². The minimum atomic E-state index is 0.0497. The summed E-state index contributed by atoms with van der Waals surface area (Å²) in [7, 11) is 1.79. The maximum Gasteiger partial charge on any atom is 0.128 e. The molecule has 2 heterocycles. The number of ether oxygens (including phenoxy) is 1. The Labute approximate surface area is 109 Å². The molecule has 1 fully saturated rings. The van der Waals surface area contributed by atoms with E-state index in [2.05, 4.69) is 22.9 Å². The van der Waals surface area contributed by atoms with Gasteiger partial charge in [-0.2, -0.15) is 0 Å². The summed E-state index contributed by atoms with van der Waals surface area (Å²) in [5.74, 6) is 1.63. The molecule has 1 aliphatic heterocycles. The maximum atomic E-state index is 5.92. The Balaban J connectivity index is 2.14. The number of rotatable bonds is 3. The monoisotopic (exact) mass is 249 g/mol. The van der Waals surface area contributed by atoms with Crippen LogP contribution in [-0.2, 0) is 4.74 Å². The Bertz CT molecular complexity index is 394. The topological polar surface area (TPSA) is 51.4 Å². The van der Waals surface area contributed by atoms with Crippen LogP contribution < -0.4 is 10.6 Å². The highest BCUT2D eigenvalue weighted by Crippen LogP contribution is 2.24. The zero-order chi connectivity index (χ0) is 13.1. The van der Waals surface area contributed by atoms with Crippen LogP contribution in [0.25, 0.3) is 0 Å². The van der Waals surface area contributed by atoms with Gasteiger partial charge in [0.15, 0.2) is 0 Å². The molecule has 0 radical (unpaired) electrons.